The Morgan fingerprint density at radius 1 is 1.62 bits per heavy atom. The Morgan fingerprint density at radius 2 is 2.44 bits per heavy atom. The summed E-state index contributed by atoms with van der Waals surface area (Å²) in [5.74, 6) is 0.114. The first-order chi connectivity index (χ1) is 7.72. The van der Waals surface area contributed by atoms with Gasteiger partial charge in [0, 0.05) is 13.6 Å². The van der Waals surface area contributed by atoms with Crippen molar-refractivity contribution in [1.82, 2.24) is 25.1 Å². The summed E-state index contributed by atoms with van der Waals surface area (Å²) in [4.78, 5) is 13.4. The van der Waals surface area contributed by atoms with E-state index in [1.165, 1.54) is 16.4 Å². The number of aliphatic hydroxyl groups is 1. The number of aliphatic hydroxyl groups excluding tert-OH is 1. The van der Waals surface area contributed by atoms with Crippen LogP contribution in [0, 0.1) is 0 Å². The van der Waals surface area contributed by atoms with Crippen molar-refractivity contribution in [2.24, 2.45) is 0 Å². The molecular weight excluding hydrogens is 230 g/mol. The van der Waals surface area contributed by atoms with Crippen LogP contribution >= 0.6 is 11.8 Å². The second kappa shape index (κ2) is 4.79. The van der Waals surface area contributed by atoms with E-state index in [0.717, 1.165) is 13.0 Å². The van der Waals surface area contributed by atoms with Crippen molar-refractivity contribution < 1.29 is 9.90 Å². The van der Waals surface area contributed by atoms with Gasteiger partial charge in [-0.2, -0.15) is 0 Å². The molecule has 1 aromatic heterocycles. The molecule has 1 unspecified atom stereocenters. The number of nitrogens with zero attached hydrogens (tertiary/aromatic N) is 5. The molecule has 0 saturated carbocycles. The first-order valence-electron chi connectivity index (χ1n) is 5.01. The third-order valence-corrected chi connectivity index (χ3v) is 3.66. The lowest BCUT2D eigenvalue weighted by Gasteiger charge is -2.09. The van der Waals surface area contributed by atoms with E-state index in [0.29, 0.717) is 11.7 Å². The molecule has 2 heterocycles. The summed E-state index contributed by atoms with van der Waals surface area (Å²) in [5, 5.41) is 20.4. The van der Waals surface area contributed by atoms with Gasteiger partial charge >= 0.3 is 0 Å². The zero-order chi connectivity index (χ0) is 11.5. The minimum Gasteiger partial charge on any atom is -0.394 e. The Labute approximate surface area is 96.8 Å². The Kier molecular flexibility index (Phi) is 3.39. The zero-order valence-electron chi connectivity index (χ0n) is 8.91. The lowest BCUT2D eigenvalue weighted by atomic mass is 10.4. The van der Waals surface area contributed by atoms with Crippen LogP contribution in [0.4, 0.5) is 0 Å². The van der Waals surface area contributed by atoms with E-state index in [9.17, 15) is 4.79 Å². The Balaban J connectivity index is 2.03. The molecule has 1 N–H and O–H groups in total. The summed E-state index contributed by atoms with van der Waals surface area (Å²) in [6, 6.07) is 0. The van der Waals surface area contributed by atoms with Crippen molar-refractivity contribution in [3.63, 3.8) is 0 Å². The highest BCUT2D eigenvalue weighted by Gasteiger charge is 2.31. The van der Waals surface area contributed by atoms with Crippen LogP contribution < -0.4 is 0 Å². The molecule has 0 spiro atoms. The summed E-state index contributed by atoms with van der Waals surface area (Å²) >= 11 is 1.36. The molecule has 1 aliphatic rings. The van der Waals surface area contributed by atoms with Gasteiger partial charge in [-0.25, -0.2) is 4.68 Å². The maximum atomic E-state index is 11.7. The van der Waals surface area contributed by atoms with Crippen molar-refractivity contribution in [3.05, 3.63) is 0 Å². The van der Waals surface area contributed by atoms with E-state index in [1.807, 2.05) is 0 Å². The number of tetrazole rings is 1. The molecule has 88 valence electrons. The van der Waals surface area contributed by atoms with Crippen LogP contribution in [0.5, 0.6) is 0 Å². The molecule has 16 heavy (non-hydrogen) atoms. The molecule has 0 bridgehead atoms. The maximum absolute atomic E-state index is 11.7. The number of likely N-dealkylation sites (tertiary alicyclic amines) is 1. The summed E-state index contributed by atoms with van der Waals surface area (Å²) < 4.78 is 1.51. The minimum atomic E-state index is -0.103. The van der Waals surface area contributed by atoms with E-state index >= 15 is 0 Å². The van der Waals surface area contributed by atoms with Gasteiger partial charge in [0.25, 0.3) is 0 Å². The van der Waals surface area contributed by atoms with Crippen LogP contribution in [0.15, 0.2) is 5.16 Å². The third-order valence-electron chi connectivity index (χ3n) is 2.44. The first kappa shape index (κ1) is 11.3. The van der Waals surface area contributed by atoms with Crippen molar-refractivity contribution in [3.8, 4) is 0 Å². The van der Waals surface area contributed by atoms with Crippen molar-refractivity contribution in [1.29, 1.82) is 0 Å². The lowest BCUT2D eigenvalue weighted by molar-refractivity contribution is -0.126. The number of carbonyl (C=O) groups is 1. The van der Waals surface area contributed by atoms with Crippen LogP contribution in [0.1, 0.15) is 6.42 Å². The highest BCUT2D eigenvalue weighted by atomic mass is 32.2. The van der Waals surface area contributed by atoms with Crippen LogP contribution in [0.2, 0.25) is 0 Å². The second-order valence-electron chi connectivity index (χ2n) is 3.56. The molecule has 1 aromatic rings. The number of amides is 1. The quantitative estimate of drug-likeness (QED) is 0.729. The highest BCUT2D eigenvalue weighted by Crippen LogP contribution is 2.28. The average Bonchev–Trinajstić information content (AvgIpc) is 2.82. The number of thioether (sulfide) groups is 1. The van der Waals surface area contributed by atoms with Gasteiger partial charge in [0.05, 0.1) is 18.4 Å². The van der Waals surface area contributed by atoms with E-state index in [2.05, 4.69) is 15.5 Å². The van der Waals surface area contributed by atoms with Gasteiger partial charge in [-0.15, -0.1) is 5.10 Å². The predicted molar refractivity (Wildman–Crippen MR) is 56.8 cm³/mol. The molecule has 1 aliphatic heterocycles. The predicted octanol–water partition coefficient (Wildman–Crippen LogP) is -1.01. The standard InChI is InChI=1S/C8H13N5O2S/c1-12-3-2-6(7(12)15)16-8-9-10-11-13(8)4-5-14/h6,14H,2-5H2,1H3. The fourth-order valence-corrected chi connectivity index (χ4v) is 2.63. The van der Waals surface area contributed by atoms with E-state index in [4.69, 9.17) is 5.11 Å². The third kappa shape index (κ3) is 2.17. The molecule has 1 saturated heterocycles. The van der Waals surface area contributed by atoms with E-state index in [-0.39, 0.29) is 17.8 Å². The topological polar surface area (TPSA) is 84.1 Å². The number of hydrogen-bond donors (Lipinski definition) is 1. The van der Waals surface area contributed by atoms with Crippen molar-refractivity contribution in [2.45, 2.75) is 23.4 Å². The minimum absolute atomic E-state index is 0.0168. The molecule has 1 atom stereocenters. The van der Waals surface area contributed by atoms with Gasteiger partial charge in [0.2, 0.25) is 11.1 Å². The first-order valence-corrected chi connectivity index (χ1v) is 5.89. The SMILES string of the molecule is CN1CCC(Sc2nnnn2CCO)C1=O. The molecule has 0 radical (unpaired) electrons. The summed E-state index contributed by atoms with van der Waals surface area (Å²) in [6.07, 6.45) is 0.811. The van der Waals surface area contributed by atoms with Gasteiger partial charge in [-0.05, 0) is 16.8 Å². The Morgan fingerprint density at radius 3 is 3.06 bits per heavy atom. The molecule has 8 heteroatoms. The summed E-state index contributed by atoms with van der Waals surface area (Å²) in [6.45, 7) is 1.11. The molecule has 0 aromatic carbocycles. The molecule has 1 fully saturated rings. The fraction of sp³-hybridized carbons (Fsp3) is 0.750. The summed E-state index contributed by atoms with van der Waals surface area (Å²) in [5.41, 5.74) is 0. The molecular formula is C8H13N5O2S. The van der Waals surface area contributed by atoms with Gasteiger partial charge in [-0.1, -0.05) is 11.8 Å². The largest absolute Gasteiger partial charge is 0.394 e. The van der Waals surface area contributed by atoms with Crippen molar-refractivity contribution in [2.75, 3.05) is 20.2 Å². The van der Waals surface area contributed by atoms with Gasteiger partial charge in [-0.3, -0.25) is 4.79 Å². The number of carbonyl (C=O) groups excluding carboxylic acids is 1. The van der Waals surface area contributed by atoms with Crippen molar-refractivity contribution >= 4 is 17.7 Å². The number of hydrogen-bond acceptors (Lipinski definition) is 6. The van der Waals surface area contributed by atoms with Gasteiger partial charge < -0.3 is 10.0 Å². The Hall–Kier alpha value is -1.15. The van der Waals surface area contributed by atoms with Crippen LogP contribution in [0.3, 0.4) is 0 Å². The highest BCUT2D eigenvalue weighted by molar-refractivity contribution is 8.00. The average molecular weight is 243 g/mol. The maximum Gasteiger partial charge on any atom is 0.235 e. The van der Waals surface area contributed by atoms with E-state index < -0.39 is 0 Å². The van der Waals surface area contributed by atoms with Gasteiger partial charge in [0.1, 0.15) is 0 Å². The number of aromatic nitrogens is 4. The molecule has 1 amide bonds. The molecule has 7 nitrogen and oxygen atoms in total. The smallest absolute Gasteiger partial charge is 0.235 e. The molecule has 2 rings (SSSR count). The normalized spacial score (nSPS) is 20.8. The van der Waals surface area contributed by atoms with Crippen LogP contribution in [0.25, 0.3) is 0 Å². The zero-order valence-corrected chi connectivity index (χ0v) is 9.72. The monoisotopic (exact) mass is 243 g/mol. The summed E-state index contributed by atoms with van der Waals surface area (Å²) in [7, 11) is 1.79. The van der Waals surface area contributed by atoms with E-state index in [1.54, 1.807) is 11.9 Å². The molecule has 0 aliphatic carbocycles. The Bertz CT molecular complexity index is 382. The fourth-order valence-electron chi connectivity index (χ4n) is 1.54. The second-order valence-corrected chi connectivity index (χ2v) is 4.73. The number of rotatable bonds is 4. The van der Waals surface area contributed by atoms with Crippen LogP contribution in [-0.2, 0) is 11.3 Å². The van der Waals surface area contributed by atoms with Gasteiger partial charge in [0.15, 0.2) is 0 Å². The van der Waals surface area contributed by atoms with Crippen LogP contribution in [-0.4, -0.2) is 61.6 Å². The lowest BCUT2D eigenvalue weighted by Crippen LogP contribution is -2.24.